The van der Waals surface area contributed by atoms with Crippen LogP contribution in [0.4, 0.5) is 0 Å². The fraction of sp³-hybridized carbons (Fsp3) is 0.625. The predicted molar refractivity (Wildman–Crippen MR) is 50.8 cm³/mol. The highest BCUT2D eigenvalue weighted by Gasteiger charge is 2.15. The lowest BCUT2D eigenvalue weighted by Crippen LogP contribution is -2.35. The van der Waals surface area contributed by atoms with Crippen LogP contribution in [0, 0.1) is 12.3 Å². The Morgan fingerprint density at radius 3 is 2.38 bits per heavy atom. The summed E-state index contributed by atoms with van der Waals surface area (Å²) in [5.74, 6) is 1.38. The molecule has 0 unspecified atom stereocenters. The van der Waals surface area contributed by atoms with Gasteiger partial charge in [-0.15, -0.1) is 6.42 Å². The third-order valence-electron chi connectivity index (χ3n) is 1.40. The number of rotatable bonds is 4. The maximum Gasteiger partial charge on any atom is 0.238 e. The van der Waals surface area contributed by atoms with Crippen molar-refractivity contribution in [2.24, 2.45) is 0 Å². The van der Waals surface area contributed by atoms with E-state index < -0.39 is 21.5 Å². The Hall–Kier alpha value is -1.02. The van der Waals surface area contributed by atoms with Crippen molar-refractivity contribution in [2.45, 2.75) is 6.92 Å². The minimum absolute atomic E-state index is 0.158. The molecule has 0 bridgehead atoms. The molecular formula is C8H13NO3S. The zero-order valence-corrected chi connectivity index (χ0v) is 8.60. The maximum absolute atomic E-state index is 11.2. The van der Waals surface area contributed by atoms with E-state index in [0.717, 1.165) is 6.26 Å². The number of hydrogen-bond acceptors (Lipinski definition) is 3. The number of terminal acetylenes is 1. The molecule has 13 heavy (non-hydrogen) atoms. The first-order valence-electron chi connectivity index (χ1n) is 3.79. The zero-order chi connectivity index (χ0) is 10.5. The number of hydrogen-bond donors (Lipinski definition) is 0. The van der Waals surface area contributed by atoms with E-state index in [1.165, 1.54) is 4.90 Å². The maximum atomic E-state index is 11.2. The number of amides is 1. The highest BCUT2D eigenvalue weighted by Crippen LogP contribution is 1.92. The number of carbonyl (C=O) groups is 1. The van der Waals surface area contributed by atoms with Crippen LogP contribution in [0.5, 0.6) is 0 Å². The van der Waals surface area contributed by atoms with Crippen LogP contribution in [-0.4, -0.2) is 44.3 Å². The Kier molecular flexibility index (Phi) is 4.49. The lowest BCUT2D eigenvalue weighted by Gasteiger charge is -2.16. The third kappa shape index (κ3) is 5.26. The van der Waals surface area contributed by atoms with E-state index in [1.54, 1.807) is 6.92 Å². The van der Waals surface area contributed by atoms with Gasteiger partial charge in [-0.1, -0.05) is 5.92 Å². The molecule has 0 saturated heterocycles. The molecule has 0 heterocycles. The Bertz CT molecular complexity index is 313. The van der Waals surface area contributed by atoms with Gasteiger partial charge in [-0.3, -0.25) is 4.79 Å². The van der Waals surface area contributed by atoms with Crippen molar-refractivity contribution in [1.82, 2.24) is 4.90 Å². The second kappa shape index (κ2) is 4.87. The van der Waals surface area contributed by atoms with E-state index in [1.807, 2.05) is 0 Å². The molecule has 0 aromatic heterocycles. The third-order valence-corrected chi connectivity index (χ3v) is 2.17. The first-order chi connectivity index (χ1) is 5.90. The molecular weight excluding hydrogens is 190 g/mol. The van der Waals surface area contributed by atoms with Crippen molar-refractivity contribution in [3.63, 3.8) is 0 Å². The van der Waals surface area contributed by atoms with E-state index in [-0.39, 0.29) is 6.54 Å². The van der Waals surface area contributed by atoms with Crippen LogP contribution in [0.25, 0.3) is 0 Å². The van der Waals surface area contributed by atoms with Gasteiger partial charge in [0.1, 0.15) is 5.75 Å². The molecule has 0 N–H and O–H groups in total. The summed E-state index contributed by atoms with van der Waals surface area (Å²) < 4.78 is 21.5. The molecule has 0 saturated carbocycles. The molecule has 1 amide bonds. The molecule has 0 radical (unpaired) electrons. The van der Waals surface area contributed by atoms with E-state index in [2.05, 4.69) is 5.92 Å². The standard InChI is InChI=1S/C8H13NO3S/c1-4-6-9(5-2)8(10)7-13(3,11)12/h1H,5-7H2,2-3H3. The minimum atomic E-state index is -3.26. The van der Waals surface area contributed by atoms with Crippen molar-refractivity contribution in [3.05, 3.63) is 0 Å². The molecule has 74 valence electrons. The fourth-order valence-electron chi connectivity index (χ4n) is 0.802. The first-order valence-corrected chi connectivity index (χ1v) is 5.85. The molecule has 0 aromatic rings. The normalized spacial score (nSPS) is 10.5. The summed E-state index contributed by atoms with van der Waals surface area (Å²) in [4.78, 5) is 12.6. The van der Waals surface area contributed by atoms with Gasteiger partial charge < -0.3 is 4.90 Å². The summed E-state index contributed by atoms with van der Waals surface area (Å²) in [7, 11) is -3.26. The highest BCUT2D eigenvalue weighted by molar-refractivity contribution is 7.91. The zero-order valence-electron chi connectivity index (χ0n) is 7.78. The number of sulfone groups is 1. The Morgan fingerprint density at radius 2 is 2.08 bits per heavy atom. The second-order valence-corrected chi connectivity index (χ2v) is 4.82. The van der Waals surface area contributed by atoms with Gasteiger partial charge in [0.25, 0.3) is 0 Å². The van der Waals surface area contributed by atoms with Crippen LogP contribution in [0.15, 0.2) is 0 Å². The summed E-state index contributed by atoms with van der Waals surface area (Å²) in [6.07, 6.45) is 6.04. The van der Waals surface area contributed by atoms with Crippen molar-refractivity contribution in [1.29, 1.82) is 0 Å². The molecule has 0 aliphatic heterocycles. The van der Waals surface area contributed by atoms with E-state index >= 15 is 0 Å². The van der Waals surface area contributed by atoms with Crippen LogP contribution in [0.2, 0.25) is 0 Å². The molecule has 4 nitrogen and oxygen atoms in total. The van der Waals surface area contributed by atoms with Gasteiger partial charge in [-0.25, -0.2) is 8.42 Å². The van der Waals surface area contributed by atoms with Gasteiger partial charge >= 0.3 is 0 Å². The van der Waals surface area contributed by atoms with Crippen molar-refractivity contribution >= 4 is 15.7 Å². The van der Waals surface area contributed by atoms with Crippen molar-refractivity contribution < 1.29 is 13.2 Å². The highest BCUT2D eigenvalue weighted by atomic mass is 32.2. The van der Waals surface area contributed by atoms with Gasteiger partial charge in [0.05, 0.1) is 6.54 Å². The van der Waals surface area contributed by atoms with Crippen molar-refractivity contribution in [3.8, 4) is 12.3 Å². The smallest absolute Gasteiger partial charge is 0.238 e. The second-order valence-electron chi connectivity index (χ2n) is 2.68. The number of carbonyl (C=O) groups excluding carboxylic acids is 1. The topological polar surface area (TPSA) is 54.5 Å². The van der Waals surface area contributed by atoms with Gasteiger partial charge in [0.15, 0.2) is 9.84 Å². The van der Waals surface area contributed by atoms with Crippen LogP contribution >= 0.6 is 0 Å². The monoisotopic (exact) mass is 203 g/mol. The molecule has 0 fully saturated rings. The van der Waals surface area contributed by atoms with Gasteiger partial charge in [-0.2, -0.15) is 0 Å². The van der Waals surface area contributed by atoms with Gasteiger partial charge in [0.2, 0.25) is 5.91 Å². The predicted octanol–water partition coefficient (Wildman–Crippen LogP) is -0.487. The van der Waals surface area contributed by atoms with Crippen LogP contribution < -0.4 is 0 Å². The first kappa shape index (κ1) is 12.0. The molecule has 0 spiro atoms. The summed E-state index contributed by atoms with van der Waals surface area (Å²) in [6.45, 7) is 2.33. The average Bonchev–Trinajstić information content (AvgIpc) is 1.96. The Balaban J connectivity index is 4.33. The van der Waals surface area contributed by atoms with Crippen LogP contribution in [0.3, 0.4) is 0 Å². The summed E-state index contributed by atoms with van der Waals surface area (Å²) >= 11 is 0. The molecule has 0 rings (SSSR count). The molecule has 0 aromatic carbocycles. The Labute approximate surface area is 78.8 Å². The lowest BCUT2D eigenvalue weighted by atomic mass is 10.5. The lowest BCUT2D eigenvalue weighted by molar-refractivity contribution is -0.127. The average molecular weight is 203 g/mol. The van der Waals surface area contributed by atoms with Gasteiger partial charge in [-0.05, 0) is 6.92 Å². The summed E-state index contributed by atoms with van der Waals surface area (Å²) in [6, 6.07) is 0. The van der Waals surface area contributed by atoms with Crippen LogP contribution in [-0.2, 0) is 14.6 Å². The Morgan fingerprint density at radius 1 is 1.54 bits per heavy atom. The van der Waals surface area contributed by atoms with Crippen molar-refractivity contribution in [2.75, 3.05) is 25.1 Å². The quantitative estimate of drug-likeness (QED) is 0.579. The van der Waals surface area contributed by atoms with E-state index in [0.29, 0.717) is 6.54 Å². The SMILES string of the molecule is C#CCN(CC)C(=O)CS(C)(=O)=O. The summed E-state index contributed by atoms with van der Waals surface area (Å²) in [5.41, 5.74) is 0. The summed E-state index contributed by atoms with van der Waals surface area (Å²) in [5, 5.41) is 0. The molecule has 0 atom stereocenters. The molecule has 5 heteroatoms. The van der Waals surface area contributed by atoms with E-state index in [9.17, 15) is 13.2 Å². The van der Waals surface area contributed by atoms with Gasteiger partial charge in [0, 0.05) is 12.8 Å². The molecule has 0 aliphatic rings. The fourth-order valence-corrected chi connectivity index (χ4v) is 1.43. The largest absolute Gasteiger partial charge is 0.331 e. The van der Waals surface area contributed by atoms with E-state index in [4.69, 9.17) is 6.42 Å². The van der Waals surface area contributed by atoms with Crippen LogP contribution in [0.1, 0.15) is 6.92 Å². The number of nitrogens with zero attached hydrogens (tertiary/aromatic N) is 1. The molecule has 0 aliphatic carbocycles. The minimum Gasteiger partial charge on any atom is -0.331 e.